The van der Waals surface area contributed by atoms with Crippen LogP contribution >= 0.6 is 11.8 Å². The SMILES string of the molecule is CCCC(=O)C1=CC=C=CS1. The molecule has 11 heavy (non-hydrogen) atoms. The average Bonchev–Trinajstić information content (AvgIpc) is 2.07. The minimum Gasteiger partial charge on any atom is -0.294 e. The summed E-state index contributed by atoms with van der Waals surface area (Å²) in [5.74, 6) is 0.242. The fraction of sp³-hybridized carbons (Fsp3) is 0.333. The minimum atomic E-state index is 0.242. The average molecular weight is 166 g/mol. The van der Waals surface area contributed by atoms with E-state index in [4.69, 9.17) is 0 Å². The highest BCUT2D eigenvalue weighted by Crippen LogP contribution is 2.21. The van der Waals surface area contributed by atoms with Gasteiger partial charge in [0.2, 0.25) is 0 Å². The van der Waals surface area contributed by atoms with E-state index in [0.717, 1.165) is 11.3 Å². The number of ketones is 1. The number of allylic oxidation sites excluding steroid dienone is 3. The molecular weight excluding hydrogens is 156 g/mol. The van der Waals surface area contributed by atoms with Gasteiger partial charge in [-0.05, 0) is 18.6 Å². The predicted octanol–water partition coefficient (Wildman–Crippen LogP) is 2.66. The second-order valence-corrected chi connectivity index (χ2v) is 3.18. The largest absolute Gasteiger partial charge is 0.294 e. The molecule has 0 aromatic heterocycles. The van der Waals surface area contributed by atoms with Crippen LogP contribution in [0.5, 0.6) is 0 Å². The van der Waals surface area contributed by atoms with Crippen LogP contribution in [0.2, 0.25) is 0 Å². The molecule has 1 aliphatic heterocycles. The Morgan fingerprint density at radius 1 is 1.73 bits per heavy atom. The van der Waals surface area contributed by atoms with Gasteiger partial charge in [-0.25, -0.2) is 0 Å². The molecule has 0 radical (unpaired) electrons. The maximum Gasteiger partial charge on any atom is 0.169 e. The minimum absolute atomic E-state index is 0.242. The van der Waals surface area contributed by atoms with Crippen LogP contribution in [0, 0.1) is 0 Å². The highest BCUT2D eigenvalue weighted by atomic mass is 32.2. The number of carbonyl (C=O) groups is 1. The Labute approximate surface area is 70.9 Å². The van der Waals surface area contributed by atoms with Crippen LogP contribution in [-0.2, 0) is 4.79 Å². The van der Waals surface area contributed by atoms with E-state index >= 15 is 0 Å². The molecule has 0 fully saturated rings. The molecule has 0 atom stereocenters. The van der Waals surface area contributed by atoms with Gasteiger partial charge in [-0.15, -0.1) is 5.73 Å². The summed E-state index contributed by atoms with van der Waals surface area (Å²) in [6.45, 7) is 2.01. The summed E-state index contributed by atoms with van der Waals surface area (Å²) in [6.07, 6.45) is 5.17. The van der Waals surface area contributed by atoms with Crippen LogP contribution in [-0.4, -0.2) is 5.78 Å². The Kier molecular flexibility index (Phi) is 3.21. The molecule has 0 amide bonds. The molecule has 0 N–H and O–H groups in total. The van der Waals surface area contributed by atoms with Crippen LogP contribution in [0.3, 0.4) is 0 Å². The van der Waals surface area contributed by atoms with Gasteiger partial charge >= 0.3 is 0 Å². The quantitative estimate of drug-likeness (QED) is 0.599. The van der Waals surface area contributed by atoms with E-state index in [1.165, 1.54) is 11.8 Å². The third kappa shape index (κ3) is 2.41. The van der Waals surface area contributed by atoms with Gasteiger partial charge in [0.05, 0.1) is 4.91 Å². The lowest BCUT2D eigenvalue weighted by Crippen LogP contribution is -1.98. The van der Waals surface area contributed by atoms with Crippen molar-refractivity contribution < 1.29 is 4.79 Å². The standard InChI is InChI=1S/C9H10OS/c1-2-5-8(10)9-6-3-4-7-11-9/h3,6-7H,2,5H2,1H3. The van der Waals surface area contributed by atoms with Gasteiger partial charge in [-0.1, -0.05) is 18.7 Å². The molecule has 0 aromatic carbocycles. The molecule has 0 unspecified atom stereocenters. The molecule has 0 aliphatic carbocycles. The molecule has 1 aliphatic rings. The first-order valence-electron chi connectivity index (χ1n) is 3.65. The molecule has 0 aromatic rings. The Morgan fingerprint density at radius 3 is 3.09 bits per heavy atom. The zero-order valence-electron chi connectivity index (χ0n) is 6.46. The van der Waals surface area contributed by atoms with Gasteiger partial charge in [-0.3, -0.25) is 4.79 Å². The molecule has 1 heterocycles. The summed E-state index contributed by atoms with van der Waals surface area (Å²) in [6, 6.07) is 0. The molecule has 1 rings (SSSR count). The highest BCUT2D eigenvalue weighted by molar-refractivity contribution is 8.06. The van der Waals surface area contributed by atoms with Crippen LogP contribution in [0.15, 0.2) is 28.2 Å². The van der Waals surface area contributed by atoms with Gasteiger partial charge in [0.1, 0.15) is 0 Å². The molecule has 0 bridgehead atoms. The number of rotatable bonds is 3. The van der Waals surface area contributed by atoms with E-state index in [2.05, 4.69) is 5.73 Å². The van der Waals surface area contributed by atoms with Crippen molar-refractivity contribution in [3.8, 4) is 0 Å². The summed E-state index contributed by atoms with van der Waals surface area (Å²) >= 11 is 1.46. The lowest BCUT2D eigenvalue weighted by molar-refractivity contribution is -0.114. The van der Waals surface area contributed by atoms with Crippen molar-refractivity contribution >= 4 is 17.5 Å². The Morgan fingerprint density at radius 2 is 2.55 bits per heavy atom. The number of Topliss-reactive ketones (excluding diaryl/α,β-unsaturated/α-hetero) is 1. The van der Waals surface area contributed by atoms with Crippen molar-refractivity contribution in [2.24, 2.45) is 0 Å². The molecule has 0 saturated carbocycles. The highest BCUT2D eigenvalue weighted by Gasteiger charge is 2.07. The Balaban J connectivity index is 2.56. The lowest BCUT2D eigenvalue weighted by atomic mass is 10.2. The monoisotopic (exact) mass is 166 g/mol. The smallest absolute Gasteiger partial charge is 0.169 e. The second kappa shape index (κ2) is 4.22. The first-order chi connectivity index (χ1) is 5.34. The zero-order chi connectivity index (χ0) is 8.10. The first kappa shape index (κ1) is 8.38. The van der Waals surface area contributed by atoms with E-state index in [1.54, 1.807) is 6.08 Å². The van der Waals surface area contributed by atoms with E-state index in [9.17, 15) is 4.79 Å². The molecule has 0 saturated heterocycles. The van der Waals surface area contributed by atoms with Crippen molar-refractivity contribution in [3.05, 3.63) is 28.2 Å². The maximum absolute atomic E-state index is 11.2. The molecule has 2 heteroatoms. The summed E-state index contributed by atoms with van der Waals surface area (Å²) in [5.41, 5.74) is 2.90. The molecule has 0 spiro atoms. The third-order valence-corrected chi connectivity index (χ3v) is 2.21. The van der Waals surface area contributed by atoms with Crippen molar-refractivity contribution in [2.45, 2.75) is 19.8 Å². The van der Waals surface area contributed by atoms with Gasteiger partial charge in [0.25, 0.3) is 0 Å². The van der Waals surface area contributed by atoms with E-state index in [0.29, 0.717) is 6.42 Å². The molecule has 58 valence electrons. The summed E-state index contributed by atoms with van der Waals surface area (Å²) in [4.78, 5) is 12.1. The second-order valence-electron chi connectivity index (χ2n) is 2.27. The van der Waals surface area contributed by atoms with E-state index < -0.39 is 0 Å². The van der Waals surface area contributed by atoms with Gasteiger partial charge in [0, 0.05) is 11.8 Å². The van der Waals surface area contributed by atoms with Crippen molar-refractivity contribution in [1.29, 1.82) is 0 Å². The summed E-state index contributed by atoms with van der Waals surface area (Å²) in [7, 11) is 0. The summed E-state index contributed by atoms with van der Waals surface area (Å²) < 4.78 is 0. The topological polar surface area (TPSA) is 17.1 Å². The normalized spacial score (nSPS) is 14.8. The fourth-order valence-corrected chi connectivity index (χ4v) is 1.46. The summed E-state index contributed by atoms with van der Waals surface area (Å²) in [5, 5.41) is 1.81. The first-order valence-corrected chi connectivity index (χ1v) is 4.53. The Bertz CT molecular complexity index is 244. The number of carbonyl (C=O) groups excluding carboxylic acids is 1. The zero-order valence-corrected chi connectivity index (χ0v) is 7.28. The lowest BCUT2D eigenvalue weighted by Gasteiger charge is -2.01. The molecule has 1 nitrogen and oxygen atoms in total. The van der Waals surface area contributed by atoms with Crippen LogP contribution in [0.25, 0.3) is 0 Å². The van der Waals surface area contributed by atoms with Crippen molar-refractivity contribution in [2.75, 3.05) is 0 Å². The predicted molar refractivity (Wildman–Crippen MR) is 48.2 cm³/mol. The van der Waals surface area contributed by atoms with Crippen molar-refractivity contribution in [3.63, 3.8) is 0 Å². The fourth-order valence-electron chi connectivity index (χ4n) is 0.809. The van der Waals surface area contributed by atoms with Gasteiger partial charge in [0.15, 0.2) is 5.78 Å². The molecular formula is C9H10OS. The van der Waals surface area contributed by atoms with E-state index in [-0.39, 0.29) is 5.78 Å². The van der Waals surface area contributed by atoms with Crippen LogP contribution < -0.4 is 0 Å². The van der Waals surface area contributed by atoms with Crippen LogP contribution in [0.1, 0.15) is 19.8 Å². The van der Waals surface area contributed by atoms with Crippen LogP contribution in [0.4, 0.5) is 0 Å². The number of thioether (sulfide) groups is 1. The van der Waals surface area contributed by atoms with Crippen molar-refractivity contribution in [1.82, 2.24) is 0 Å². The van der Waals surface area contributed by atoms with Gasteiger partial charge < -0.3 is 0 Å². The van der Waals surface area contributed by atoms with Gasteiger partial charge in [-0.2, -0.15) is 0 Å². The maximum atomic E-state index is 11.2. The third-order valence-electron chi connectivity index (χ3n) is 1.34. The van der Waals surface area contributed by atoms with E-state index in [1.807, 2.05) is 18.4 Å². The number of hydrogen-bond acceptors (Lipinski definition) is 2. The number of hydrogen-bond donors (Lipinski definition) is 0. The Hall–Kier alpha value is -0.720.